The van der Waals surface area contributed by atoms with Gasteiger partial charge in [-0.1, -0.05) is 12.1 Å². The highest BCUT2D eigenvalue weighted by Crippen LogP contribution is 2.18. The van der Waals surface area contributed by atoms with Gasteiger partial charge in [-0.15, -0.1) is 0 Å². The van der Waals surface area contributed by atoms with E-state index in [0.29, 0.717) is 6.54 Å². The highest BCUT2D eigenvalue weighted by atomic mass is 19.1. The third kappa shape index (κ3) is 2.78. The van der Waals surface area contributed by atoms with Crippen LogP contribution < -0.4 is 5.32 Å². The number of rotatable bonds is 3. The minimum absolute atomic E-state index is 0.103. The maximum Gasteiger partial charge on any atom is 0.149 e. The lowest BCUT2D eigenvalue weighted by atomic mass is 10.2. The van der Waals surface area contributed by atoms with Crippen molar-refractivity contribution in [3.8, 4) is 0 Å². The molecule has 1 heterocycles. The number of benzene rings is 1. The number of nitrogens with one attached hydrogen (secondary N) is 1. The molecule has 0 atom stereocenters. The topological polar surface area (TPSA) is 24.9 Å². The number of aromatic nitrogens is 1. The number of pyridine rings is 1. The van der Waals surface area contributed by atoms with Gasteiger partial charge in [0.1, 0.15) is 17.3 Å². The molecule has 0 radical (unpaired) electrons. The van der Waals surface area contributed by atoms with Crippen molar-refractivity contribution in [2.24, 2.45) is 0 Å². The number of aryl methyl sites for hydroxylation is 1. The van der Waals surface area contributed by atoms with E-state index in [0.717, 1.165) is 11.1 Å². The van der Waals surface area contributed by atoms with Crippen molar-refractivity contribution < 1.29 is 8.78 Å². The molecular formula is C13H12F2N2. The molecule has 0 amide bonds. The Balaban J connectivity index is 2.13. The fourth-order valence-corrected chi connectivity index (χ4v) is 1.57. The minimum Gasteiger partial charge on any atom is -0.376 e. The maximum atomic E-state index is 13.3. The van der Waals surface area contributed by atoms with Gasteiger partial charge < -0.3 is 5.32 Å². The van der Waals surface area contributed by atoms with Gasteiger partial charge in [-0.3, -0.25) is 4.98 Å². The summed E-state index contributed by atoms with van der Waals surface area (Å²) < 4.78 is 26.6. The van der Waals surface area contributed by atoms with Gasteiger partial charge in [-0.2, -0.15) is 0 Å². The third-order valence-electron chi connectivity index (χ3n) is 2.36. The summed E-state index contributed by atoms with van der Waals surface area (Å²) in [6.45, 7) is 2.26. The highest BCUT2D eigenvalue weighted by molar-refractivity contribution is 5.46. The van der Waals surface area contributed by atoms with Crippen LogP contribution in [0.25, 0.3) is 0 Å². The minimum atomic E-state index is -0.592. The molecule has 0 unspecified atom stereocenters. The first-order valence-electron chi connectivity index (χ1n) is 5.25. The molecule has 0 saturated heterocycles. The van der Waals surface area contributed by atoms with Gasteiger partial charge in [-0.25, -0.2) is 8.78 Å². The van der Waals surface area contributed by atoms with E-state index in [2.05, 4.69) is 10.3 Å². The molecule has 88 valence electrons. The number of halogens is 2. The Labute approximate surface area is 98.3 Å². The molecule has 17 heavy (non-hydrogen) atoms. The summed E-state index contributed by atoms with van der Waals surface area (Å²) in [6.07, 6.45) is 3.39. The van der Waals surface area contributed by atoms with E-state index < -0.39 is 11.6 Å². The standard InChI is InChI=1S/C13H12F2N2/c1-9-5-10(7-16-6-9)8-17-13-11(14)3-2-4-12(13)15/h2-7,17H,8H2,1H3. The Hall–Kier alpha value is -1.97. The van der Waals surface area contributed by atoms with Crippen molar-refractivity contribution in [1.82, 2.24) is 4.98 Å². The molecule has 0 aliphatic rings. The Bertz CT molecular complexity index is 506. The molecule has 0 aliphatic carbocycles. The quantitative estimate of drug-likeness (QED) is 0.881. The summed E-state index contributed by atoms with van der Waals surface area (Å²) in [4.78, 5) is 4.01. The lowest BCUT2D eigenvalue weighted by Gasteiger charge is -2.08. The molecule has 0 saturated carbocycles. The van der Waals surface area contributed by atoms with Gasteiger partial charge in [0, 0.05) is 18.9 Å². The van der Waals surface area contributed by atoms with Crippen LogP contribution >= 0.6 is 0 Å². The Kier molecular flexibility index (Phi) is 3.32. The van der Waals surface area contributed by atoms with Crippen LogP contribution in [0.5, 0.6) is 0 Å². The van der Waals surface area contributed by atoms with Crippen molar-refractivity contribution >= 4 is 5.69 Å². The molecule has 1 aromatic heterocycles. The van der Waals surface area contributed by atoms with Crippen LogP contribution in [0.15, 0.2) is 36.7 Å². The van der Waals surface area contributed by atoms with Gasteiger partial charge in [0.2, 0.25) is 0 Å². The summed E-state index contributed by atoms with van der Waals surface area (Å²) in [6, 6.07) is 5.70. The SMILES string of the molecule is Cc1cncc(CNc2c(F)cccc2F)c1. The third-order valence-corrected chi connectivity index (χ3v) is 2.36. The van der Waals surface area contributed by atoms with Crippen LogP contribution in [0.2, 0.25) is 0 Å². The molecule has 2 aromatic rings. The number of anilines is 1. The summed E-state index contributed by atoms with van der Waals surface area (Å²) in [5.74, 6) is -1.18. The lowest BCUT2D eigenvalue weighted by Crippen LogP contribution is -2.04. The second kappa shape index (κ2) is 4.91. The van der Waals surface area contributed by atoms with Crippen molar-refractivity contribution in [2.75, 3.05) is 5.32 Å². The van der Waals surface area contributed by atoms with Gasteiger partial charge in [0.25, 0.3) is 0 Å². The Morgan fingerprint density at radius 2 is 1.88 bits per heavy atom. The highest BCUT2D eigenvalue weighted by Gasteiger charge is 2.07. The van der Waals surface area contributed by atoms with E-state index >= 15 is 0 Å². The van der Waals surface area contributed by atoms with Crippen LogP contribution in [0.1, 0.15) is 11.1 Å². The van der Waals surface area contributed by atoms with Gasteiger partial charge in [0.15, 0.2) is 0 Å². The molecule has 1 aromatic carbocycles. The molecule has 0 aliphatic heterocycles. The molecule has 2 rings (SSSR count). The average Bonchev–Trinajstić information content (AvgIpc) is 2.28. The maximum absolute atomic E-state index is 13.3. The van der Waals surface area contributed by atoms with Crippen molar-refractivity contribution in [2.45, 2.75) is 13.5 Å². The summed E-state index contributed by atoms with van der Waals surface area (Å²) in [7, 11) is 0. The van der Waals surface area contributed by atoms with E-state index in [1.165, 1.54) is 18.2 Å². The molecule has 0 bridgehead atoms. The number of nitrogens with zero attached hydrogens (tertiary/aromatic N) is 1. The smallest absolute Gasteiger partial charge is 0.149 e. The molecule has 2 nitrogen and oxygen atoms in total. The lowest BCUT2D eigenvalue weighted by molar-refractivity contribution is 0.588. The Morgan fingerprint density at radius 3 is 2.53 bits per heavy atom. The van der Waals surface area contributed by atoms with Crippen LogP contribution in [0.3, 0.4) is 0 Å². The fourth-order valence-electron chi connectivity index (χ4n) is 1.57. The van der Waals surface area contributed by atoms with Gasteiger partial charge >= 0.3 is 0 Å². The molecule has 0 fully saturated rings. The largest absolute Gasteiger partial charge is 0.376 e. The average molecular weight is 234 g/mol. The van der Waals surface area contributed by atoms with E-state index in [1.807, 2.05) is 13.0 Å². The number of hydrogen-bond donors (Lipinski definition) is 1. The van der Waals surface area contributed by atoms with Crippen LogP contribution in [0.4, 0.5) is 14.5 Å². The van der Waals surface area contributed by atoms with Crippen LogP contribution in [0, 0.1) is 18.6 Å². The first-order chi connectivity index (χ1) is 8.16. The zero-order valence-corrected chi connectivity index (χ0v) is 9.37. The molecule has 0 spiro atoms. The fraction of sp³-hybridized carbons (Fsp3) is 0.154. The first-order valence-corrected chi connectivity index (χ1v) is 5.25. The van der Waals surface area contributed by atoms with Crippen molar-refractivity contribution in [1.29, 1.82) is 0 Å². The van der Waals surface area contributed by atoms with Crippen LogP contribution in [-0.4, -0.2) is 4.98 Å². The van der Waals surface area contributed by atoms with Gasteiger partial charge in [0.05, 0.1) is 0 Å². The molecular weight excluding hydrogens is 222 g/mol. The predicted octanol–water partition coefficient (Wildman–Crippen LogP) is 3.28. The van der Waals surface area contributed by atoms with Crippen molar-refractivity contribution in [3.63, 3.8) is 0 Å². The number of hydrogen-bond acceptors (Lipinski definition) is 2. The van der Waals surface area contributed by atoms with Gasteiger partial charge in [-0.05, 0) is 30.2 Å². The zero-order valence-electron chi connectivity index (χ0n) is 9.37. The summed E-state index contributed by atoms with van der Waals surface area (Å²) in [5, 5.41) is 2.73. The molecule has 1 N–H and O–H groups in total. The van der Waals surface area contributed by atoms with Crippen molar-refractivity contribution in [3.05, 3.63) is 59.4 Å². The normalized spacial score (nSPS) is 10.3. The summed E-state index contributed by atoms with van der Waals surface area (Å²) in [5.41, 5.74) is 1.79. The van der Waals surface area contributed by atoms with E-state index in [1.54, 1.807) is 12.4 Å². The number of para-hydroxylation sites is 1. The van der Waals surface area contributed by atoms with E-state index in [-0.39, 0.29) is 5.69 Å². The second-order valence-electron chi connectivity index (χ2n) is 3.82. The Morgan fingerprint density at radius 1 is 1.18 bits per heavy atom. The van der Waals surface area contributed by atoms with Crippen LogP contribution in [-0.2, 0) is 6.54 Å². The van der Waals surface area contributed by atoms with E-state index in [4.69, 9.17) is 0 Å². The predicted molar refractivity (Wildman–Crippen MR) is 62.7 cm³/mol. The van der Waals surface area contributed by atoms with E-state index in [9.17, 15) is 8.78 Å². The monoisotopic (exact) mass is 234 g/mol. The first kappa shape index (κ1) is 11.5. The second-order valence-corrected chi connectivity index (χ2v) is 3.82. The summed E-state index contributed by atoms with van der Waals surface area (Å²) >= 11 is 0. The zero-order chi connectivity index (χ0) is 12.3. The molecule has 4 heteroatoms.